The third-order valence-electron chi connectivity index (χ3n) is 1.82. The molecule has 1 rings (SSSR count). The van der Waals surface area contributed by atoms with Gasteiger partial charge in [0.2, 0.25) is 0 Å². The summed E-state index contributed by atoms with van der Waals surface area (Å²) in [5, 5.41) is 8.74. The molecular formula is C11H15NO. The molecule has 2 nitrogen and oxygen atoms in total. The summed E-state index contributed by atoms with van der Waals surface area (Å²) in [4.78, 5) is 4.17. The minimum atomic E-state index is -0.0127. The highest BCUT2D eigenvalue weighted by Crippen LogP contribution is 2.00. The summed E-state index contributed by atoms with van der Waals surface area (Å²) in [6.07, 6.45) is 1.79. The van der Waals surface area contributed by atoms with Gasteiger partial charge in [-0.25, -0.2) is 0 Å². The Labute approximate surface area is 78.9 Å². The molecule has 0 bridgehead atoms. The van der Waals surface area contributed by atoms with Crippen molar-refractivity contribution in [1.82, 2.24) is 0 Å². The second kappa shape index (κ2) is 4.77. The van der Waals surface area contributed by atoms with Crippen molar-refractivity contribution >= 4 is 6.21 Å². The molecule has 0 saturated carbocycles. The van der Waals surface area contributed by atoms with Crippen LogP contribution in [0.15, 0.2) is 29.3 Å². The molecule has 1 unspecified atom stereocenters. The maximum absolute atomic E-state index is 8.74. The largest absolute Gasteiger partial charge is 0.394 e. The monoisotopic (exact) mass is 177 g/mol. The Bertz CT molecular complexity index is 277. The van der Waals surface area contributed by atoms with E-state index >= 15 is 0 Å². The molecule has 0 heterocycles. The van der Waals surface area contributed by atoms with Gasteiger partial charge in [-0.1, -0.05) is 29.8 Å². The van der Waals surface area contributed by atoms with Gasteiger partial charge in [0.05, 0.1) is 12.6 Å². The Morgan fingerprint density at radius 2 is 2.00 bits per heavy atom. The fourth-order valence-corrected chi connectivity index (χ4v) is 0.913. The molecule has 1 N–H and O–H groups in total. The molecule has 0 aliphatic carbocycles. The minimum Gasteiger partial charge on any atom is -0.394 e. The van der Waals surface area contributed by atoms with Crippen molar-refractivity contribution in [2.75, 3.05) is 6.61 Å². The van der Waals surface area contributed by atoms with Gasteiger partial charge < -0.3 is 5.11 Å². The lowest BCUT2D eigenvalue weighted by Gasteiger charge is -1.99. The first-order chi connectivity index (χ1) is 6.22. The summed E-state index contributed by atoms with van der Waals surface area (Å²) in [5.41, 5.74) is 2.32. The van der Waals surface area contributed by atoms with Crippen LogP contribution in [0.5, 0.6) is 0 Å². The number of rotatable bonds is 3. The number of aliphatic hydroxyl groups is 1. The molecule has 0 aliphatic rings. The number of hydrogen-bond donors (Lipinski definition) is 1. The third kappa shape index (κ3) is 3.38. The van der Waals surface area contributed by atoms with Gasteiger partial charge in [0.15, 0.2) is 0 Å². The van der Waals surface area contributed by atoms with Crippen LogP contribution in [0.3, 0.4) is 0 Å². The minimum absolute atomic E-state index is 0.0127. The molecule has 1 atom stereocenters. The van der Waals surface area contributed by atoms with Crippen molar-refractivity contribution in [2.24, 2.45) is 4.99 Å². The van der Waals surface area contributed by atoms with Crippen molar-refractivity contribution in [2.45, 2.75) is 19.9 Å². The zero-order valence-corrected chi connectivity index (χ0v) is 8.07. The van der Waals surface area contributed by atoms with Gasteiger partial charge in [-0.3, -0.25) is 4.99 Å². The molecule has 0 fully saturated rings. The topological polar surface area (TPSA) is 32.6 Å². The fourth-order valence-electron chi connectivity index (χ4n) is 0.913. The van der Waals surface area contributed by atoms with Crippen LogP contribution in [-0.2, 0) is 0 Å². The Hall–Kier alpha value is -1.15. The quantitative estimate of drug-likeness (QED) is 0.701. The molecule has 0 amide bonds. The van der Waals surface area contributed by atoms with Gasteiger partial charge in [-0.05, 0) is 19.4 Å². The van der Waals surface area contributed by atoms with Crippen LogP contribution < -0.4 is 0 Å². The second-order valence-electron chi connectivity index (χ2n) is 3.22. The first-order valence-electron chi connectivity index (χ1n) is 4.43. The maximum Gasteiger partial charge on any atom is 0.0702 e. The van der Waals surface area contributed by atoms with Crippen molar-refractivity contribution in [3.8, 4) is 0 Å². The Morgan fingerprint density at radius 1 is 1.38 bits per heavy atom. The van der Waals surface area contributed by atoms with Crippen LogP contribution in [0.2, 0.25) is 0 Å². The molecule has 1 aromatic rings. The first kappa shape index (κ1) is 9.93. The van der Waals surface area contributed by atoms with Crippen molar-refractivity contribution < 1.29 is 5.11 Å². The zero-order chi connectivity index (χ0) is 9.68. The molecule has 0 aliphatic heterocycles. The normalized spacial score (nSPS) is 13.5. The Morgan fingerprint density at radius 3 is 2.54 bits per heavy atom. The molecule has 70 valence electrons. The van der Waals surface area contributed by atoms with Crippen LogP contribution >= 0.6 is 0 Å². The summed E-state index contributed by atoms with van der Waals surface area (Å²) >= 11 is 0. The molecule has 13 heavy (non-hydrogen) atoms. The molecule has 0 spiro atoms. The van der Waals surface area contributed by atoms with Crippen molar-refractivity contribution in [1.29, 1.82) is 0 Å². The van der Waals surface area contributed by atoms with Crippen molar-refractivity contribution in [3.63, 3.8) is 0 Å². The third-order valence-corrected chi connectivity index (χ3v) is 1.82. The predicted molar refractivity (Wildman–Crippen MR) is 55.3 cm³/mol. The van der Waals surface area contributed by atoms with Crippen molar-refractivity contribution in [3.05, 3.63) is 35.4 Å². The molecular weight excluding hydrogens is 162 g/mol. The molecule has 0 aromatic heterocycles. The number of nitrogens with zero attached hydrogens (tertiary/aromatic N) is 1. The molecule has 0 saturated heterocycles. The summed E-state index contributed by atoms with van der Waals surface area (Å²) in [6, 6.07) is 8.11. The first-order valence-corrected chi connectivity index (χ1v) is 4.43. The average molecular weight is 177 g/mol. The van der Waals surface area contributed by atoms with E-state index in [1.807, 2.05) is 31.2 Å². The summed E-state index contributed by atoms with van der Waals surface area (Å²) < 4.78 is 0. The highest BCUT2D eigenvalue weighted by molar-refractivity contribution is 5.79. The Balaban J connectivity index is 2.64. The van der Waals surface area contributed by atoms with E-state index in [0.29, 0.717) is 0 Å². The van der Waals surface area contributed by atoms with Crippen LogP contribution in [0.1, 0.15) is 18.1 Å². The highest BCUT2D eigenvalue weighted by Gasteiger charge is 1.92. The summed E-state index contributed by atoms with van der Waals surface area (Å²) in [6.45, 7) is 4.03. The van der Waals surface area contributed by atoms with Gasteiger partial charge in [0.25, 0.3) is 0 Å². The van der Waals surface area contributed by atoms with E-state index in [0.717, 1.165) is 5.56 Å². The SMILES string of the molecule is Cc1ccc(C=NC(C)CO)cc1. The molecule has 2 heteroatoms. The van der Waals surface area contributed by atoms with E-state index in [4.69, 9.17) is 5.11 Å². The standard InChI is InChI=1S/C11H15NO/c1-9-3-5-11(6-4-9)7-12-10(2)8-13/h3-7,10,13H,8H2,1-2H3. The second-order valence-corrected chi connectivity index (χ2v) is 3.22. The highest BCUT2D eigenvalue weighted by atomic mass is 16.3. The number of benzene rings is 1. The van der Waals surface area contributed by atoms with E-state index in [-0.39, 0.29) is 12.6 Å². The van der Waals surface area contributed by atoms with E-state index in [1.165, 1.54) is 5.56 Å². The summed E-state index contributed by atoms with van der Waals surface area (Å²) in [7, 11) is 0. The zero-order valence-electron chi connectivity index (χ0n) is 8.07. The van der Waals surface area contributed by atoms with Gasteiger partial charge in [-0.15, -0.1) is 0 Å². The molecule has 0 radical (unpaired) electrons. The van der Waals surface area contributed by atoms with E-state index in [1.54, 1.807) is 6.21 Å². The van der Waals surface area contributed by atoms with Gasteiger partial charge in [0, 0.05) is 6.21 Å². The lowest BCUT2D eigenvalue weighted by Crippen LogP contribution is -2.03. The fraction of sp³-hybridized carbons (Fsp3) is 0.364. The summed E-state index contributed by atoms with van der Waals surface area (Å²) in [5.74, 6) is 0. The van der Waals surface area contributed by atoms with Gasteiger partial charge in [0.1, 0.15) is 0 Å². The van der Waals surface area contributed by atoms with E-state index < -0.39 is 0 Å². The number of hydrogen-bond acceptors (Lipinski definition) is 2. The van der Waals surface area contributed by atoms with Gasteiger partial charge >= 0.3 is 0 Å². The lowest BCUT2D eigenvalue weighted by molar-refractivity contribution is 0.275. The van der Waals surface area contributed by atoms with Gasteiger partial charge in [-0.2, -0.15) is 0 Å². The van der Waals surface area contributed by atoms with E-state index in [9.17, 15) is 0 Å². The Kier molecular flexibility index (Phi) is 3.65. The van der Waals surface area contributed by atoms with Crippen LogP contribution in [0, 0.1) is 6.92 Å². The van der Waals surface area contributed by atoms with E-state index in [2.05, 4.69) is 11.9 Å². The number of aliphatic imine (C=N–C) groups is 1. The maximum atomic E-state index is 8.74. The predicted octanol–water partition coefficient (Wildman–Crippen LogP) is 1.79. The smallest absolute Gasteiger partial charge is 0.0702 e. The average Bonchev–Trinajstić information content (AvgIpc) is 2.16. The van der Waals surface area contributed by atoms with Crippen LogP contribution in [0.4, 0.5) is 0 Å². The van der Waals surface area contributed by atoms with Crippen LogP contribution in [0.25, 0.3) is 0 Å². The van der Waals surface area contributed by atoms with Crippen LogP contribution in [-0.4, -0.2) is 24.0 Å². The number of aliphatic hydroxyl groups excluding tert-OH is 1. The molecule has 1 aromatic carbocycles. The number of aryl methyl sites for hydroxylation is 1. The lowest BCUT2D eigenvalue weighted by atomic mass is 10.2.